The smallest absolute Gasteiger partial charge is 0.462 e. The number of allylic oxidation sites excluding steroid dienone is 18. The van der Waals surface area contributed by atoms with Gasteiger partial charge in [0.05, 0.1) is 13.2 Å². The van der Waals surface area contributed by atoms with E-state index in [1.807, 2.05) is 0 Å². The average Bonchev–Trinajstić information content (AvgIpc) is 3.36. The SMILES string of the molecule is CC/C=C\C/C=C\C/C=C\C/C=C\C/C=C\C/C=C\CCCCCCCCC(=O)OC(COC(=O)CCCCCCCCCCCC/C=C\C/C=C\C/C=C\CCCCCCC)COP(=O)(O)OCCN. The van der Waals surface area contributed by atoms with Crippen molar-refractivity contribution in [3.05, 3.63) is 109 Å². The molecule has 0 aromatic rings. The molecule has 406 valence electrons. The van der Waals surface area contributed by atoms with E-state index in [1.54, 1.807) is 0 Å². The fourth-order valence-corrected chi connectivity index (χ4v) is 8.23. The van der Waals surface area contributed by atoms with E-state index in [2.05, 4.69) is 123 Å². The highest BCUT2D eigenvalue weighted by molar-refractivity contribution is 7.47. The molecule has 0 rings (SSSR count). The Labute approximate surface area is 435 Å². The number of ether oxygens (including phenoxy) is 2. The zero-order valence-electron chi connectivity index (χ0n) is 45.2. The van der Waals surface area contributed by atoms with Gasteiger partial charge >= 0.3 is 19.8 Å². The molecule has 3 N–H and O–H groups in total. The molecule has 71 heavy (non-hydrogen) atoms. The monoisotopic (exact) mass is 1010 g/mol. The summed E-state index contributed by atoms with van der Waals surface area (Å²) >= 11 is 0. The highest BCUT2D eigenvalue weighted by atomic mass is 31.2. The minimum Gasteiger partial charge on any atom is -0.462 e. The number of carbonyl (C=O) groups is 2. The number of phosphoric ester groups is 1. The van der Waals surface area contributed by atoms with Gasteiger partial charge in [-0.15, -0.1) is 0 Å². The quantitative estimate of drug-likeness (QED) is 0.0264. The zero-order chi connectivity index (χ0) is 51.7. The largest absolute Gasteiger partial charge is 0.472 e. The van der Waals surface area contributed by atoms with E-state index in [0.717, 1.165) is 122 Å². The molecule has 0 heterocycles. The molecule has 0 bridgehead atoms. The molecular formula is C61H104NO8P. The maximum absolute atomic E-state index is 12.7. The second-order valence-electron chi connectivity index (χ2n) is 18.4. The number of phosphoric acid groups is 1. The molecule has 0 amide bonds. The van der Waals surface area contributed by atoms with E-state index in [9.17, 15) is 19.0 Å². The summed E-state index contributed by atoms with van der Waals surface area (Å²) in [5.74, 6) is -0.854. The molecule has 0 spiro atoms. The first-order valence-electron chi connectivity index (χ1n) is 28.4. The Bertz CT molecular complexity index is 1530. The van der Waals surface area contributed by atoms with E-state index < -0.39 is 32.5 Å². The Balaban J connectivity index is 4.07. The lowest BCUT2D eigenvalue weighted by Gasteiger charge is -2.19. The maximum atomic E-state index is 12.7. The standard InChI is InChI=1S/C61H104NO8P/c1-3-5-7-9-11-13-15-17-19-21-23-25-27-29-31-33-35-37-39-41-43-45-47-49-51-53-60(63)67-57-59(58-69-71(65,66)68-56-55-62)70-61(64)54-52-50-48-46-44-42-40-38-36-34-32-30-28-26-24-22-20-18-16-14-12-10-8-6-4-2/h6,8,12,14-15,17-18,20-21,23-24,26-27,29-30,32,36,38,59H,3-5,7,9-11,13,16,19,22,25,28,31,33-35,37,39-58,62H2,1-2H3,(H,65,66)/b8-6-,14-12-,17-15-,20-18-,23-21-,26-24-,29-27-,32-30-,38-36-. The van der Waals surface area contributed by atoms with Crippen molar-refractivity contribution in [2.24, 2.45) is 5.73 Å². The molecule has 0 saturated heterocycles. The Morgan fingerprint density at radius 3 is 1.15 bits per heavy atom. The van der Waals surface area contributed by atoms with Gasteiger partial charge in [0.2, 0.25) is 0 Å². The summed E-state index contributed by atoms with van der Waals surface area (Å²) in [5, 5.41) is 0. The van der Waals surface area contributed by atoms with E-state index in [-0.39, 0.29) is 32.6 Å². The molecule has 0 aliphatic rings. The molecule has 9 nitrogen and oxygen atoms in total. The van der Waals surface area contributed by atoms with Crippen molar-refractivity contribution in [3.8, 4) is 0 Å². The van der Waals surface area contributed by atoms with Crippen molar-refractivity contribution in [2.75, 3.05) is 26.4 Å². The van der Waals surface area contributed by atoms with Crippen LogP contribution in [0.15, 0.2) is 109 Å². The summed E-state index contributed by atoms with van der Waals surface area (Å²) in [5.41, 5.74) is 5.38. The Kier molecular flexibility index (Phi) is 53.3. The third-order valence-electron chi connectivity index (χ3n) is 11.6. The van der Waals surface area contributed by atoms with Crippen molar-refractivity contribution in [1.29, 1.82) is 0 Å². The number of rotatable bonds is 52. The number of nitrogens with two attached hydrogens (primary N) is 1. The molecule has 2 atom stereocenters. The fraction of sp³-hybridized carbons (Fsp3) is 0.672. The van der Waals surface area contributed by atoms with Crippen LogP contribution in [0.3, 0.4) is 0 Å². The lowest BCUT2D eigenvalue weighted by molar-refractivity contribution is -0.161. The van der Waals surface area contributed by atoms with Crippen LogP contribution in [0.1, 0.15) is 232 Å². The minimum atomic E-state index is -4.40. The van der Waals surface area contributed by atoms with Gasteiger partial charge in [0.1, 0.15) is 6.61 Å². The van der Waals surface area contributed by atoms with Crippen molar-refractivity contribution < 1.29 is 37.6 Å². The summed E-state index contributed by atoms with van der Waals surface area (Å²) in [7, 11) is -4.40. The van der Waals surface area contributed by atoms with Gasteiger partial charge in [-0.25, -0.2) is 4.57 Å². The molecule has 0 aromatic heterocycles. The van der Waals surface area contributed by atoms with Gasteiger partial charge in [-0.2, -0.15) is 0 Å². The van der Waals surface area contributed by atoms with E-state index in [4.69, 9.17) is 24.3 Å². The topological polar surface area (TPSA) is 134 Å². The van der Waals surface area contributed by atoms with Crippen molar-refractivity contribution in [2.45, 2.75) is 238 Å². The third kappa shape index (κ3) is 55.8. The molecular weight excluding hydrogens is 906 g/mol. The van der Waals surface area contributed by atoms with Crippen molar-refractivity contribution in [3.63, 3.8) is 0 Å². The van der Waals surface area contributed by atoms with Crippen LogP contribution in [0.2, 0.25) is 0 Å². The predicted octanol–water partition coefficient (Wildman–Crippen LogP) is 17.8. The van der Waals surface area contributed by atoms with E-state index in [0.29, 0.717) is 6.42 Å². The first-order valence-corrected chi connectivity index (χ1v) is 29.9. The number of unbranched alkanes of at least 4 members (excludes halogenated alkanes) is 21. The number of carbonyl (C=O) groups excluding carboxylic acids is 2. The molecule has 0 aliphatic carbocycles. The lowest BCUT2D eigenvalue weighted by Crippen LogP contribution is -2.29. The summed E-state index contributed by atoms with van der Waals surface area (Å²) in [6, 6.07) is 0. The average molecular weight is 1010 g/mol. The molecule has 0 aliphatic heterocycles. The highest BCUT2D eigenvalue weighted by Crippen LogP contribution is 2.43. The van der Waals surface area contributed by atoms with Gasteiger partial charge < -0.3 is 20.1 Å². The van der Waals surface area contributed by atoms with Crippen molar-refractivity contribution in [1.82, 2.24) is 0 Å². The normalized spacial score (nSPS) is 13.9. The van der Waals surface area contributed by atoms with Crippen LogP contribution in [0, 0.1) is 0 Å². The van der Waals surface area contributed by atoms with Crippen LogP contribution >= 0.6 is 7.82 Å². The third-order valence-corrected chi connectivity index (χ3v) is 12.6. The predicted molar refractivity (Wildman–Crippen MR) is 302 cm³/mol. The second-order valence-corrected chi connectivity index (χ2v) is 19.9. The first-order chi connectivity index (χ1) is 34.8. The van der Waals surface area contributed by atoms with Crippen molar-refractivity contribution >= 4 is 19.8 Å². The van der Waals surface area contributed by atoms with Gasteiger partial charge in [-0.1, -0.05) is 226 Å². The summed E-state index contributed by atoms with van der Waals surface area (Å²) in [6.07, 6.45) is 75.6. The molecule has 10 heteroatoms. The van der Waals surface area contributed by atoms with Gasteiger partial charge in [0.15, 0.2) is 6.10 Å². The number of hydrogen-bond donors (Lipinski definition) is 2. The van der Waals surface area contributed by atoms with Crippen LogP contribution in [-0.4, -0.2) is 49.3 Å². The maximum Gasteiger partial charge on any atom is 0.472 e. The number of esters is 2. The van der Waals surface area contributed by atoms with Crippen LogP contribution < -0.4 is 5.73 Å². The van der Waals surface area contributed by atoms with Crippen LogP contribution in [0.25, 0.3) is 0 Å². The summed E-state index contributed by atoms with van der Waals surface area (Å²) < 4.78 is 33.0. The van der Waals surface area contributed by atoms with Gasteiger partial charge in [-0.3, -0.25) is 18.6 Å². The lowest BCUT2D eigenvalue weighted by atomic mass is 10.1. The molecule has 0 radical (unpaired) electrons. The van der Waals surface area contributed by atoms with Gasteiger partial charge in [0, 0.05) is 19.4 Å². The number of hydrogen-bond acceptors (Lipinski definition) is 8. The van der Waals surface area contributed by atoms with Gasteiger partial charge in [0.25, 0.3) is 0 Å². The molecule has 2 unspecified atom stereocenters. The summed E-state index contributed by atoms with van der Waals surface area (Å²) in [4.78, 5) is 35.2. The van der Waals surface area contributed by atoms with Crippen LogP contribution in [0.5, 0.6) is 0 Å². The van der Waals surface area contributed by atoms with Crippen LogP contribution in [-0.2, 0) is 32.7 Å². The second kappa shape index (κ2) is 56.0. The van der Waals surface area contributed by atoms with E-state index >= 15 is 0 Å². The Morgan fingerprint density at radius 1 is 0.437 bits per heavy atom. The molecule has 0 aromatic carbocycles. The van der Waals surface area contributed by atoms with Gasteiger partial charge in [-0.05, 0) is 103 Å². The summed E-state index contributed by atoms with van der Waals surface area (Å²) in [6.45, 7) is 3.59. The molecule has 0 saturated carbocycles. The minimum absolute atomic E-state index is 0.0443. The zero-order valence-corrected chi connectivity index (χ0v) is 46.1. The first kappa shape index (κ1) is 67.7. The Morgan fingerprint density at radius 2 is 0.775 bits per heavy atom. The highest BCUT2D eigenvalue weighted by Gasteiger charge is 2.26. The van der Waals surface area contributed by atoms with Crippen LogP contribution in [0.4, 0.5) is 0 Å². The fourth-order valence-electron chi connectivity index (χ4n) is 7.47. The molecule has 0 fully saturated rings. The van der Waals surface area contributed by atoms with E-state index in [1.165, 1.54) is 77.0 Å². The Hall–Kier alpha value is -3.33.